The van der Waals surface area contributed by atoms with Crippen LogP contribution in [0.5, 0.6) is 5.75 Å². The average molecular weight is 391 g/mol. The molecule has 0 aliphatic carbocycles. The van der Waals surface area contributed by atoms with Gasteiger partial charge in [-0.3, -0.25) is 9.59 Å². The Labute approximate surface area is 149 Å². The van der Waals surface area contributed by atoms with Gasteiger partial charge in [-0.2, -0.15) is 0 Å². The molecule has 0 saturated carbocycles. The van der Waals surface area contributed by atoms with E-state index in [1.165, 1.54) is 0 Å². The molecule has 0 bridgehead atoms. The summed E-state index contributed by atoms with van der Waals surface area (Å²) in [7, 11) is 1.55. The third-order valence-electron chi connectivity index (χ3n) is 3.57. The third-order valence-corrected chi connectivity index (χ3v) is 4.09. The van der Waals surface area contributed by atoms with E-state index in [2.05, 4.69) is 26.6 Å². The van der Waals surface area contributed by atoms with Crippen LogP contribution in [0.2, 0.25) is 0 Å². The van der Waals surface area contributed by atoms with Crippen molar-refractivity contribution in [3.8, 4) is 5.75 Å². The highest BCUT2D eigenvalue weighted by atomic mass is 79.9. The smallest absolute Gasteiger partial charge is 0.239 e. The number of methoxy groups -OCH3 is 1. The van der Waals surface area contributed by atoms with Gasteiger partial charge >= 0.3 is 0 Å². The van der Waals surface area contributed by atoms with E-state index in [1.807, 2.05) is 12.1 Å². The number of halogens is 1. The SMILES string of the molecule is COc1cccc(NC(=O)C(C)(C)C(=O)Nc2ccc(Br)cc2)c1. The van der Waals surface area contributed by atoms with E-state index in [9.17, 15) is 9.59 Å². The predicted molar refractivity (Wildman–Crippen MR) is 98.2 cm³/mol. The second kappa shape index (κ2) is 7.49. The highest BCUT2D eigenvalue weighted by Crippen LogP contribution is 2.24. The van der Waals surface area contributed by atoms with Crippen LogP contribution < -0.4 is 15.4 Å². The summed E-state index contributed by atoms with van der Waals surface area (Å²) in [5, 5.41) is 5.50. The Morgan fingerprint density at radius 2 is 1.54 bits per heavy atom. The van der Waals surface area contributed by atoms with E-state index in [0.29, 0.717) is 17.1 Å². The number of rotatable bonds is 5. The van der Waals surface area contributed by atoms with Gasteiger partial charge in [0.15, 0.2) is 0 Å². The maximum atomic E-state index is 12.5. The van der Waals surface area contributed by atoms with E-state index in [4.69, 9.17) is 4.74 Å². The van der Waals surface area contributed by atoms with Crippen LogP contribution in [0.4, 0.5) is 11.4 Å². The summed E-state index contributed by atoms with van der Waals surface area (Å²) < 4.78 is 6.04. The van der Waals surface area contributed by atoms with E-state index in [-0.39, 0.29) is 5.91 Å². The summed E-state index contributed by atoms with van der Waals surface area (Å²) in [6, 6.07) is 14.1. The van der Waals surface area contributed by atoms with Gasteiger partial charge in [0.2, 0.25) is 11.8 Å². The molecular weight excluding hydrogens is 372 g/mol. The highest BCUT2D eigenvalue weighted by Gasteiger charge is 2.36. The topological polar surface area (TPSA) is 67.4 Å². The minimum absolute atomic E-state index is 0.384. The summed E-state index contributed by atoms with van der Waals surface area (Å²) in [5.74, 6) is -0.152. The largest absolute Gasteiger partial charge is 0.497 e. The Morgan fingerprint density at radius 3 is 2.12 bits per heavy atom. The number of hydrogen-bond acceptors (Lipinski definition) is 3. The van der Waals surface area contributed by atoms with E-state index >= 15 is 0 Å². The molecule has 0 fully saturated rings. The lowest BCUT2D eigenvalue weighted by atomic mass is 9.90. The summed E-state index contributed by atoms with van der Waals surface area (Å²) >= 11 is 3.34. The first kappa shape index (κ1) is 18.0. The van der Waals surface area contributed by atoms with Crippen LogP contribution in [0.15, 0.2) is 53.0 Å². The number of carbonyl (C=O) groups excluding carboxylic acids is 2. The monoisotopic (exact) mass is 390 g/mol. The molecule has 0 saturated heterocycles. The lowest BCUT2D eigenvalue weighted by Crippen LogP contribution is -2.41. The minimum atomic E-state index is -1.24. The first-order valence-electron chi connectivity index (χ1n) is 7.35. The van der Waals surface area contributed by atoms with Crippen molar-refractivity contribution in [1.29, 1.82) is 0 Å². The van der Waals surface area contributed by atoms with Gasteiger partial charge in [0.05, 0.1) is 7.11 Å². The van der Waals surface area contributed by atoms with Gasteiger partial charge in [-0.15, -0.1) is 0 Å². The van der Waals surface area contributed by atoms with Crippen LogP contribution in [-0.4, -0.2) is 18.9 Å². The van der Waals surface area contributed by atoms with E-state index < -0.39 is 11.3 Å². The Hall–Kier alpha value is -2.34. The van der Waals surface area contributed by atoms with Crippen molar-refractivity contribution < 1.29 is 14.3 Å². The molecule has 6 heteroatoms. The van der Waals surface area contributed by atoms with Gasteiger partial charge in [0.1, 0.15) is 11.2 Å². The minimum Gasteiger partial charge on any atom is -0.497 e. The van der Waals surface area contributed by atoms with Crippen molar-refractivity contribution in [2.75, 3.05) is 17.7 Å². The first-order chi connectivity index (χ1) is 11.3. The van der Waals surface area contributed by atoms with Crippen LogP contribution >= 0.6 is 15.9 Å². The van der Waals surface area contributed by atoms with Crippen LogP contribution in [0.1, 0.15) is 13.8 Å². The van der Waals surface area contributed by atoms with E-state index in [0.717, 1.165) is 4.47 Å². The fourth-order valence-electron chi connectivity index (χ4n) is 1.91. The number of amides is 2. The molecule has 2 aromatic carbocycles. The zero-order valence-electron chi connectivity index (χ0n) is 13.7. The summed E-state index contributed by atoms with van der Waals surface area (Å²) in [6.45, 7) is 3.16. The Balaban J connectivity index is 2.08. The van der Waals surface area contributed by atoms with Crippen LogP contribution in [-0.2, 0) is 9.59 Å². The number of benzene rings is 2. The molecule has 0 aliphatic heterocycles. The van der Waals surface area contributed by atoms with Gasteiger partial charge in [-0.25, -0.2) is 0 Å². The molecule has 2 amide bonds. The predicted octanol–water partition coefficient (Wildman–Crippen LogP) is 4.06. The molecule has 0 radical (unpaired) electrons. The fraction of sp³-hybridized carbons (Fsp3) is 0.222. The average Bonchev–Trinajstić information content (AvgIpc) is 2.57. The molecule has 0 heterocycles. The normalized spacial score (nSPS) is 10.8. The lowest BCUT2D eigenvalue weighted by Gasteiger charge is -2.23. The summed E-state index contributed by atoms with van der Waals surface area (Å²) in [4.78, 5) is 25.0. The van der Waals surface area contributed by atoms with Crippen LogP contribution in [0, 0.1) is 5.41 Å². The molecule has 0 spiro atoms. The third kappa shape index (κ3) is 4.35. The van der Waals surface area contributed by atoms with Crippen LogP contribution in [0.25, 0.3) is 0 Å². The molecule has 0 atom stereocenters. The van der Waals surface area contributed by atoms with Crippen molar-refractivity contribution in [1.82, 2.24) is 0 Å². The van der Waals surface area contributed by atoms with Crippen molar-refractivity contribution in [3.63, 3.8) is 0 Å². The van der Waals surface area contributed by atoms with Gasteiger partial charge in [-0.05, 0) is 50.2 Å². The van der Waals surface area contributed by atoms with Gasteiger partial charge in [0, 0.05) is 21.9 Å². The number of hydrogen-bond donors (Lipinski definition) is 2. The summed E-state index contributed by atoms with van der Waals surface area (Å²) in [5.41, 5.74) is -0.0369. The molecule has 0 aliphatic rings. The fourth-order valence-corrected chi connectivity index (χ4v) is 2.18. The molecule has 0 unspecified atom stereocenters. The Kier molecular flexibility index (Phi) is 5.62. The second-order valence-corrected chi connectivity index (χ2v) is 6.69. The molecule has 5 nitrogen and oxygen atoms in total. The molecule has 2 rings (SSSR count). The molecule has 24 heavy (non-hydrogen) atoms. The molecule has 2 aromatic rings. The Bertz CT molecular complexity index is 742. The van der Waals surface area contributed by atoms with Crippen LogP contribution in [0.3, 0.4) is 0 Å². The van der Waals surface area contributed by atoms with E-state index in [1.54, 1.807) is 57.4 Å². The van der Waals surface area contributed by atoms with Gasteiger partial charge < -0.3 is 15.4 Å². The molecule has 126 valence electrons. The quantitative estimate of drug-likeness (QED) is 0.756. The number of ether oxygens (including phenoxy) is 1. The van der Waals surface area contributed by atoms with Crippen molar-refractivity contribution in [3.05, 3.63) is 53.0 Å². The number of nitrogens with one attached hydrogen (secondary N) is 2. The standard InChI is InChI=1S/C18H19BrN2O3/c1-18(2,16(22)20-13-9-7-12(19)8-10-13)17(23)21-14-5-4-6-15(11-14)24-3/h4-11H,1-3H3,(H,20,22)(H,21,23). The lowest BCUT2D eigenvalue weighted by molar-refractivity contribution is -0.135. The van der Waals surface area contributed by atoms with Crippen molar-refractivity contribution in [2.45, 2.75) is 13.8 Å². The van der Waals surface area contributed by atoms with Gasteiger partial charge in [0.25, 0.3) is 0 Å². The highest BCUT2D eigenvalue weighted by molar-refractivity contribution is 9.10. The Morgan fingerprint density at radius 1 is 0.958 bits per heavy atom. The zero-order chi connectivity index (χ0) is 17.7. The first-order valence-corrected chi connectivity index (χ1v) is 8.15. The zero-order valence-corrected chi connectivity index (χ0v) is 15.3. The number of anilines is 2. The van der Waals surface area contributed by atoms with Gasteiger partial charge in [-0.1, -0.05) is 22.0 Å². The second-order valence-electron chi connectivity index (χ2n) is 5.77. The number of carbonyl (C=O) groups is 2. The molecule has 0 aromatic heterocycles. The van der Waals surface area contributed by atoms with Crippen molar-refractivity contribution in [2.24, 2.45) is 5.41 Å². The molecule has 2 N–H and O–H groups in total. The molecular formula is C18H19BrN2O3. The summed E-state index contributed by atoms with van der Waals surface area (Å²) in [6.07, 6.45) is 0. The maximum absolute atomic E-state index is 12.5. The maximum Gasteiger partial charge on any atom is 0.239 e. The van der Waals surface area contributed by atoms with Crippen molar-refractivity contribution >= 4 is 39.1 Å².